The van der Waals surface area contributed by atoms with E-state index in [4.69, 9.17) is 20.0 Å². The monoisotopic (exact) mass is 276 g/mol. The first kappa shape index (κ1) is 16.0. The molecule has 0 amide bonds. The molecule has 0 aliphatic heterocycles. The predicted molar refractivity (Wildman–Crippen MR) is 54.9 cm³/mol. The van der Waals surface area contributed by atoms with Gasteiger partial charge in [-0.1, -0.05) is 0 Å². The first-order valence-corrected chi connectivity index (χ1v) is 6.11. The molecule has 0 spiro atoms. The quantitative estimate of drug-likeness (QED) is 0.173. The van der Waals surface area contributed by atoms with Gasteiger partial charge in [0.15, 0.2) is 6.29 Å². The Bertz CT molecular complexity index is 267. The molecule has 96 valence electrons. The summed E-state index contributed by atoms with van der Waals surface area (Å²) >= 11 is 3.70. The van der Waals surface area contributed by atoms with Crippen LogP contribution in [0, 0.1) is 0 Å². The Morgan fingerprint density at radius 3 is 2.12 bits per heavy atom. The Hall–Kier alpha value is 0.0100. The van der Waals surface area contributed by atoms with Crippen molar-refractivity contribution in [2.45, 2.75) is 23.6 Å². The second kappa shape index (κ2) is 6.67. The van der Waals surface area contributed by atoms with Crippen molar-refractivity contribution in [3.63, 3.8) is 0 Å². The van der Waals surface area contributed by atoms with E-state index in [0.717, 1.165) is 0 Å². The Balaban J connectivity index is 4.22. The van der Waals surface area contributed by atoms with Crippen LogP contribution in [0.2, 0.25) is 0 Å². The predicted octanol–water partition coefficient (Wildman–Crippen LogP) is -2.32. The molecular weight excluding hydrogens is 263 g/mol. The molecule has 4 atom stereocenters. The Morgan fingerprint density at radius 1 is 1.25 bits per heavy atom. The van der Waals surface area contributed by atoms with E-state index in [0.29, 0.717) is 0 Å². The maximum absolute atomic E-state index is 10.3. The van der Waals surface area contributed by atoms with Crippen molar-refractivity contribution < 1.29 is 39.0 Å². The molecule has 0 aliphatic rings. The Morgan fingerprint density at radius 2 is 1.75 bits per heavy atom. The largest absolute Gasteiger partial charge is 0.469 e. The number of rotatable bonds is 7. The van der Waals surface area contributed by atoms with Crippen LogP contribution >= 0.6 is 20.5 Å². The molecule has 0 saturated carbocycles. The summed E-state index contributed by atoms with van der Waals surface area (Å²) in [7, 11) is -4.69. The third-order valence-corrected chi connectivity index (χ3v) is 2.59. The minimum Gasteiger partial charge on any atom is -0.389 e. The van der Waals surface area contributed by atoms with Crippen molar-refractivity contribution in [2.24, 2.45) is 0 Å². The normalized spacial score (nSPS) is 19.9. The van der Waals surface area contributed by atoms with Crippen LogP contribution in [0.15, 0.2) is 0 Å². The van der Waals surface area contributed by atoms with E-state index in [1.807, 2.05) is 0 Å². The lowest BCUT2D eigenvalue weighted by Gasteiger charge is -2.24. The average Bonchev–Trinajstić information content (AvgIpc) is 2.21. The molecule has 0 radical (unpaired) electrons. The van der Waals surface area contributed by atoms with Gasteiger partial charge in [-0.25, -0.2) is 4.57 Å². The lowest BCUT2D eigenvalue weighted by atomic mass is 10.1. The van der Waals surface area contributed by atoms with Gasteiger partial charge in [0.1, 0.15) is 12.2 Å². The van der Waals surface area contributed by atoms with Crippen LogP contribution in [-0.2, 0) is 13.9 Å². The summed E-state index contributed by atoms with van der Waals surface area (Å²) in [5, 5.41) is 26.2. The third-order valence-electron chi connectivity index (χ3n) is 1.65. The van der Waals surface area contributed by atoms with Gasteiger partial charge < -0.3 is 29.9 Å². The summed E-state index contributed by atoms with van der Waals surface area (Å²) in [5.74, 6) is 0. The lowest BCUT2D eigenvalue weighted by molar-refractivity contribution is -0.126. The summed E-state index contributed by atoms with van der Waals surface area (Å²) in [4.78, 5) is 26.8. The second-order valence-corrected chi connectivity index (χ2v) is 4.86. The molecule has 0 unspecified atom stereocenters. The van der Waals surface area contributed by atoms with Crippen LogP contribution in [0.4, 0.5) is 0 Å². The topological polar surface area (TPSA) is 145 Å². The zero-order valence-corrected chi connectivity index (χ0v) is 9.74. The molecule has 0 heterocycles. The maximum Gasteiger partial charge on any atom is 0.469 e. The SMILES string of the molecule is O=C[C@@H](O)[C@@H](O)[C@H](O)[C@H](S)COP(=O)(O)O. The Kier molecular flexibility index (Phi) is 6.68. The fraction of sp³-hybridized carbons (Fsp3) is 0.833. The van der Waals surface area contributed by atoms with Crippen molar-refractivity contribution in [1.29, 1.82) is 0 Å². The van der Waals surface area contributed by atoms with E-state index >= 15 is 0 Å². The first-order valence-electron chi connectivity index (χ1n) is 4.06. The number of phosphoric acid groups is 1. The van der Waals surface area contributed by atoms with E-state index in [1.165, 1.54) is 0 Å². The van der Waals surface area contributed by atoms with Gasteiger partial charge in [0.05, 0.1) is 18.0 Å². The van der Waals surface area contributed by atoms with Crippen molar-refractivity contribution in [1.82, 2.24) is 0 Å². The molecule has 0 bridgehead atoms. The number of aliphatic hydroxyl groups excluding tert-OH is 3. The molecule has 16 heavy (non-hydrogen) atoms. The molecule has 8 nitrogen and oxygen atoms in total. The van der Waals surface area contributed by atoms with Crippen molar-refractivity contribution >= 4 is 26.7 Å². The third kappa shape index (κ3) is 5.92. The molecule has 0 aromatic rings. The van der Waals surface area contributed by atoms with Gasteiger partial charge in [0.25, 0.3) is 0 Å². The highest BCUT2D eigenvalue weighted by molar-refractivity contribution is 7.81. The lowest BCUT2D eigenvalue weighted by Crippen LogP contribution is -2.44. The minimum absolute atomic E-state index is 0.0121. The summed E-state index contributed by atoms with van der Waals surface area (Å²) < 4.78 is 14.3. The average molecular weight is 276 g/mol. The summed E-state index contributed by atoms with van der Waals surface area (Å²) in [6.07, 6.45) is -5.27. The first-order chi connectivity index (χ1) is 7.19. The Labute approximate surface area is 96.5 Å². The molecule has 0 rings (SSSR count). The maximum atomic E-state index is 10.3. The molecular formula is C6H13O8PS. The standard InChI is InChI=1S/C6H13O8PS/c7-1-3(8)5(9)6(10)4(16)2-14-15(11,12)13/h1,3-6,8-10,16H,2H2,(H2,11,12,13)/t3-,4-,5-,6-/m1/s1. The van der Waals surface area contributed by atoms with Crippen LogP contribution in [-0.4, -0.2) is 61.6 Å². The van der Waals surface area contributed by atoms with Crippen molar-refractivity contribution in [2.75, 3.05) is 6.61 Å². The number of carbonyl (C=O) groups excluding carboxylic acids is 1. The van der Waals surface area contributed by atoms with Crippen LogP contribution < -0.4 is 0 Å². The van der Waals surface area contributed by atoms with Crippen molar-refractivity contribution in [3.05, 3.63) is 0 Å². The summed E-state index contributed by atoms with van der Waals surface area (Å²) in [5.41, 5.74) is 0. The van der Waals surface area contributed by atoms with Crippen molar-refractivity contribution in [3.8, 4) is 0 Å². The van der Waals surface area contributed by atoms with Gasteiger partial charge >= 0.3 is 7.82 Å². The van der Waals surface area contributed by atoms with E-state index in [9.17, 15) is 14.5 Å². The zero-order chi connectivity index (χ0) is 12.9. The fourth-order valence-corrected chi connectivity index (χ4v) is 1.51. The number of aldehydes is 1. The number of carbonyl (C=O) groups is 1. The van der Waals surface area contributed by atoms with Gasteiger partial charge in [-0.2, -0.15) is 12.6 Å². The number of hydrogen-bond donors (Lipinski definition) is 6. The van der Waals surface area contributed by atoms with E-state index in [1.54, 1.807) is 0 Å². The second-order valence-electron chi connectivity index (χ2n) is 2.96. The highest BCUT2D eigenvalue weighted by Crippen LogP contribution is 2.36. The molecule has 0 aromatic heterocycles. The highest BCUT2D eigenvalue weighted by atomic mass is 32.1. The molecule has 0 fully saturated rings. The van der Waals surface area contributed by atoms with Gasteiger partial charge in [-0.05, 0) is 0 Å². The number of thiol groups is 1. The van der Waals surface area contributed by atoms with Gasteiger partial charge in [-0.15, -0.1) is 0 Å². The van der Waals surface area contributed by atoms with Crippen LogP contribution in [0.1, 0.15) is 0 Å². The smallest absolute Gasteiger partial charge is 0.389 e. The molecule has 0 aromatic carbocycles. The fourth-order valence-electron chi connectivity index (χ4n) is 0.782. The molecule has 5 N–H and O–H groups in total. The van der Waals surface area contributed by atoms with Crippen LogP contribution in [0.3, 0.4) is 0 Å². The van der Waals surface area contributed by atoms with Crippen LogP contribution in [0.5, 0.6) is 0 Å². The minimum atomic E-state index is -4.69. The summed E-state index contributed by atoms with van der Waals surface area (Å²) in [6.45, 7) is -0.656. The number of aliphatic hydroxyl groups is 3. The highest BCUT2D eigenvalue weighted by Gasteiger charge is 2.30. The molecule has 0 aliphatic carbocycles. The van der Waals surface area contributed by atoms with Gasteiger partial charge in [0, 0.05) is 0 Å². The van der Waals surface area contributed by atoms with E-state index in [2.05, 4.69) is 17.2 Å². The van der Waals surface area contributed by atoms with Gasteiger partial charge in [0.2, 0.25) is 0 Å². The van der Waals surface area contributed by atoms with Crippen LogP contribution in [0.25, 0.3) is 0 Å². The van der Waals surface area contributed by atoms with Gasteiger partial charge in [-0.3, -0.25) is 4.52 Å². The number of hydrogen-bond acceptors (Lipinski definition) is 7. The van der Waals surface area contributed by atoms with E-state index in [-0.39, 0.29) is 6.29 Å². The summed E-state index contributed by atoms with van der Waals surface area (Å²) in [6, 6.07) is 0. The number of phosphoric ester groups is 1. The molecule has 0 saturated heterocycles. The van der Waals surface area contributed by atoms with E-state index < -0.39 is 38.0 Å². The molecule has 10 heteroatoms. The zero-order valence-electron chi connectivity index (χ0n) is 7.95.